The van der Waals surface area contributed by atoms with Crippen molar-refractivity contribution in [3.05, 3.63) is 107 Å². The second kappa shape index (κ2) is 17.5. The fraction of sp³-hybridized carbons (Fsp3) is 0.276. The largest absolute Gasteiger partial charge is 0.468 e. The molecule has 0 saturated heterocycles. The molecule has 0 radical (unpaired) electrons. The number of rotatable bonds is 7. The van der Waals surface area contributed by atoms with E-state index < -0.39 is 11.6 Å². The van der Waals surface area contributed by atoms with E-state index in [1.165, 1.54) is 19.8 Å². The van der Waals surface area contributed by atoms with Crippen LogP contribution in [0.1, 0.15) is 30.5 Å². The fourth-order valence-electron chi connectivity index (χ4n) is 2.87. The van der Waals surface area contributed by atoms with Crippen LogP contribution >= 0.6 is 27.5 Å². The van der Waals surface area contributed by atoms with Gasteiger partial charge in [0, 0.05) is 23.0 Å². The van der Waals surface area contributed by atoms with Crippen LogP contribution in [0.15, 0.2) is 89.9 Å². The first-order valence-electron chi connectivity index (χ1n) is 11.5. The van der Waals surface area contributed by atoms with Crippen LogP contribution in [0.4, 0.5) is 0 Å². The first-order valence-corrected chi connectivity index (χ1v) is 13.0. The van der Waals surface area contributed by atoms with Gasteiger partial charge in [-0.2, -0.15) is 0 Å². The van der Waals surface area contributed by atoms with Gasteiger partial charge in [-0.05, 0) is 42.7 Å². The van der Waals surface area contributed by atoms with Crippen molar-refractivity contribution in [2.24, 2.45) is 10.7 Å². The van der Waals surface area contributed by atoms with E-state index >= 15 is 0 Å². The molecule has 0 heterocycles. The van der Waals surface area contributed by atoms with Gasteiger partial charge in [0.05, 0.1) is 14.2 Å². The molecule has 0 aromatic heterocycles. The highest BCUT2D eigenvalue weighted by molar-refractivity contribution is 9.08. The predicted molar refractivity (Wildman–Crippen MR) is 154 cm³/mol. The number of alkyl halides is 1. The molecule has 3 aromatic carbocycles. The molecular formula is C29H34BrClN2O4. The lowest BCUT2D eigenvalue weighted by molar-refractivity contribution is -0.146. The molecule has 0 amide bonds. The number of hydrogen-bond donors (Lipinski definition) is 1. The van der Waals surface area contributed by atoms with Crippen LogP contribution in [0.25, 0.3) is 0 Å². The van der Waals surface area contributed by atoms with Crippen molar-refractivity contribution in [3.63, 3.8) is 0 Å². The molecule has 6 nitrogen and oxygen atoms in total. The van der Waals surface area contributed by atoms with Gasteiger partial charge in [0.2, 0.25) is 0 Å². The highest BCUT2D eigenvalue weighted by Gasteiger charge is 2.29. The van der Waals surface area contributed by atoms with Crippen LogP contribution in [0.5, 0.6) is 0 Å². The van der Waals surface area contributed by atoms with Crippen LogP contribution in [0.3, 0.4) is 0 Å². The van der Waals surface area contributed by atoms with E-state index in [-0.39, 0.29) is 11.9 Å². The molecule has 8 heteroatoms. The quantitative estimate of drug-likeness (QED) is 0.207. The Morgan fingerprint density at radius 1 is 0.946 bits per heavy atom. The number of carbonyl (C=O) groups excluding carboxylic acids is 2. The number of benzene rings is 3. The van der Waals surface area contributed by atoms with E-state index in [1.54, 1.807) is 32.2 Å². The Morgan fingerprint density at radius 3 is 1.89 bits per heavy atom. The molecule has 2 atom stereocenters. The Kier molecular flexibility index (Phi) is 15.1. The molecule has 1 unspecified atom stereocenters. The molecule has 0 aliphatic rings. The third-order valence-corrected chi connectivity index (χ3v) is 5.82. The Labute approximate surface area is 233 Å². The molecule has 0 bridgehead atoms. The molecule has 0 saturated carbocycles. The number of ether oxygens (including phenoxy) is 2. The first kappa shape index (κ1) is 32.0. The van der Waals surface area contributed by atoms with E-state index in [9.17, 15) is 9.59 Å². The van der Waals surface area contributed by atoms with Gasteiger partial charge in [-0.3, -0.25) is 9.79 Å². The molecular weight excluding hydrogens is 556 g/mol. The Hall–Kier alpha value is -3.00. The summed E-state index contributed by atoms with van der Waals surface area (Å²) in [5.41, 5.74) is 8.14. The second-order valence-corrected chi connectivity index (χ2v) is 9.22. The number of halogens is 2. The van der Waals surface area contributed by atoms with Crippen LogP contribution in [0.2, 0.25) is 5.02 Å². The molecule has 2 N–H and O–H groups in total. The topological polar surface area (TPSA) is 91.0 Å². The highest BCUT2D eigenvalue weighted by atomic mass is 79.9. The number of nitrogens with zero attached hydrogens (tertiary/aromatic N) is 1. The summed E-state index contributed by atoms with van der Waals surface area (Å²) in [5.74, 6) is -0.735. The zero-order valence-electron chi connectivity index (χ0n) is 21.6. The molecule has 198 valence electrons. The van der Waals surface area contributed by atoms with Gasteiger partial charge in [-0.1, -0.05) is 100 Å². The summed E-state index contributed by atoms with van der Waals surface area (Å²) in [7, 11) is 2.69. The van der Waals surface area contributed by atoms with Crippen molar-refractivity contribution in [1.29, 1.82) is 0 Å². The van der Waals surface area contributed by atoms with Crippen LogP contribution in [-0.4, -0.2) is 44.0 Å². The maximum atomic E-state index is 11.3. The Morgan fingerprint density at radius 2 is 1.46 bits per heavy atom. The van der Waals surface area contributed by atoms with Crippen molar-refractivity contribution in [2.45, 2.75) is 37.2 Å². The normalized spacial score (nSPS) is 12.6. The molecule has 0 spiro atoms. The second-order valence-electron chi connectivity index (χ2n) is 8.22. The van der Waals surface area contributed by atoms with Gasteiger partial charge >= 0.3 is 11.9 Å². The smallest absolute Gasteiger partial charge is 0.330 e. The standard InChI is InChI=1S/C11H12ClNO2.C11H15NO2.C7H7Br/c1-8(11(14)15-2)13-7-9-3-5-10(12)6-4-9;1-11(12,10(13)14-2)8-9-6-4-3-5-7-9;8-6-7-4-2-1-3-5-7/h3-8H,1-2H3;3-7H,8,12H2,1-2H3;1-5H,6H2/t;11-;/m.1./s1. The molecule has 3 rings (SSSR count). The summed E-state index contributed by atoms with van der Waals surface area (Å²) in [6.45, 7) is 3.35. The van der Waals surface area contributed by atoms with Crippen molar-refractivity contribution in [1.82, 2.24) is 0 Å². The summed E-state index contributed by atoms with van der Waals surface area (Å²) in [5, 5.41) is 1.63. The summed E-state index contributed by atoms with van der Waals surface area (Å²) in [4.78, 5) is 26.4. The highest BCUT2D eigenvalue weighted by Crippen LogP contribution is 2.12. The molecule has 37 heavy (non-hydrogen) atoms. The van der Waals surface area contributed by atoms with Crippen molar-refractivity contribution in [3.8, 4) is 0 Å². The minimum absolute atomic E-state index is 0.347. The van der Waals surface area contributed by atoms with E-state index in [1.807, 2.05) is 60.7 Å². The summed E-state index contributed by atoms with van der Waals surface area (Å²) in [6.07, 6.45) is 2.11. The van der Waals surface area contributed by atoms with Gasteiger partial charge in [-0.15, -0.1) is 0 Å². The van der Waals surface area contributed by atoms with Gasteiger partial charge < -0.3 is 15.2 Å². The number of hydrogen-bond acceptors (Lipinski definition) is 6. The van der Waals surface area contributed by atoms with E-state index in [2.05, 4.69) is 42.5 Å². The van der Waals surface area contributed by atoms with Gasteiger partial charge in [0.25, 0.3) is 0 Å². The summed E-state index contributed by atoms with van der Waals surface area (Å²) < 4.78 is 9.17. The van der Waals surface area contributed by atoms with Crippen molar-refractivity contribution in [2.75, 3.05) is 14.2 Å². The number of methoxy groups -OCH3 is 2. The third kappa shape index (κ3) is 13.2. The average molecular weight is 590 g/mol. The lowest BCUT2D eigenvalue weighted by Crippen LogP contribution is -2.47. The number of esters is 2. The van der Waals surface area contributed by atoms with E-state index in [4.69, 9.17) is 17.3 Å². The summed E-state index contributed by atoms with van der Waals surface area (Å²) >= 11 is 9.09. The Bertz CT molecular complexity index is 1090. The zero-order chi connectivity index (χ0) is 27.7. The van der Waals surface area contributed by atoms with Gasteiger partial charge in [0.15, 0.2) is 0 Å². The summed E-state index contributed by atoms with van der Waals surface area (Å²) in [6, 6.07) is 26.6. The van der Waals surface area contributed by atoms with E-state index in [0.29, 0.717) is 11.4 Å². The maximum Gasteiger partial charge on any atom is 0.330 e. The lowest BCUT2D eigenvalue weighted by Gasteiger charge is -2.21. The SMILES string of the molecule is BrCc1ccccc1.COC(=O)C(C)N=Cc1ccc(Cl)cc1.COC(=O)[C@](C)(N)Cc1ccccc1. The van der Waals surface area contributed by atoms with E-state index in [0.717, 1.165) is 16.5 Å². The van der Waals surface area contributed by atoms with Crippen LogP contribution < -0.4 is 5.73 Å². The Balaban J connectivity index is 0.000000290. The predicted octanol–water partition coefficient (Wildman–Crippen LogP) is 6.02. The average Bonchev–Trinajstić information content (AvgIpc) is 2.93. The molecule has 0 aliphatic heterocycles. The number of carbonyl (C=O) groups is 2. The molecule has 0 fully saturated rings. The van der Waals surface area contributed by atoms with Crippen molar-refractivity contribution < 1.29 is 19.1 Å². The van der Waals surface area contributed by atoms with Crippen LogP contribution in [0, 0.1) is 0 Å². The van der Waals surface area contributed by atoms with Crippen molar-refractivity contribution >= 4 is 45.7 Å². The maximum absolute atomic E-state index is 11.3. The van der Waals surface area contributed by atoms with Gasteiger partial charge in [-0.25, -0.2) is 4.79 Å². The molecule has 3 aromatic rings. The van der Waals surface area contributed by atoms with Gasteiger partial charge in [0.1, 0.15) is 11.6 Å². The fourth-order valence-corrected chi connectivity index (χ4v) is 3.37. The first-order chi connectivity index (χ1) is 17.6. The monoisotopic (exact) mass is 588 g/mol. The van der Waals surface area contributed by atoms with Crippen LogP contribution in [-0.2, 0) is 30.8 Å². The zero-order valence-corrected chi connectivity index (χ0v) is 23.9. The minimum atomic E-state index is -0.948. The molecule has 0 aliphatic carbocycles. The minimum Gasteiger partial charge on any atom is -0.468 e. The number of nitrogens with two attached hydrogens (primary N) is 1. The lowest BCUT2D eigenvalue weighted by atomic mass is 9.94. The third-order valence-electron chi connectivity index (χ3n) is 4.92. The number of aliphatic imine (C=N–C) groups is 1.